The second-order valence-electron chi connectivity index (χ2n) is 3.42. The van der Waals surface area contributed by atoms with Crippen LogP contribution < -0.4 is 0 Å². The summed E-state index contributed by atoms with van der Waals surface area (Å²) in [5.74, 6) is 0.508. The van der Waals surface area contributed by atoms with Crippen molar-refractivity contribution in [1.29, 1.82) is 0 Å². The first-order chi connectivity index (χ1) is 7.93. The third-order valence-electron chi connectivity index (χ3n) is 2.28. The Morgan fingerprint density at radius 1 is 1.41 bits per heavy atom. The van der Waals surface area contributed by atoms with E-state index in [2.05, 4.69) is 17.1 Å². The van der Waals surface area contributed by atoms with Gasteiger partial charge in [0.05, 0.1) is 4.88 Å². The van der Waals surface area contributed by atoms with Gasteiger partial charge in [-0.05, 0) is 18.6 Å². The first-order valence-electron chi connectivity index (χ1n) is 4.86. The quantitative estimate of drug-likeness (QED) is 0.812. The molecule has 0 amide bonds. The number of aryl methyl sites for hydroxylation is 1. The van der Waals surface area contributed by atoms with Gasteiger partial charge in [-0.3, -0.25) is 4.57 Å². The SMILES string of the molecule is CCc1ccc(-c2nnc(S(=O)(=O)Cl)n2C)s1. The van der Waals surface area contributed by atoms with Crippen molar-refractivity contribution in [3.63, 3.8) is 0 Å². The lowest BCUT2D eigenvalue weighted by atomic mass is 10.3. The van der Waals surface area contributed by atoms with E-state index in [1.165, 1.54) is 9.44 Å². The molecule has 2 aromatic heterocycles. The highest BCUT2D eigenvalue weighted by molar-refractivity contribution is 8.13. The molecule has 2 rings (SSSR count). The number of hydrogen-bond donors (Lipinski definition) is 0. The minimum atomic E-state index is -3.85. The Morgan fingerprint density at radius 3 is 2.59 bits per heavy atom. The van der Waals surface area contributed by atoms with E-state index in [-0.39, 0.29) is 5.16 Å². The molecule has 0 unspecified atom stereocenters. The van der Waals surface area contributed by atoms with Gasteiger partial charge in [0.15, 0.2) is 5.82 Å². The zero-order chi connectivity index (χ0) is 12.6. The zero-order valence-electron chi connectivity index (χ0n) is 9.21. The van der Waals surface area contributed by atoms with E-state index in [0.29, 0.717) is 5.82 Å². The average molecular weight is 292 g/mol. The molecule has 0 atom stereocenters. The van der Waals surface area contributed by atoms with Gasteiger partial charge in [-0.1, -0.05) is 6.92 Å². The molecule has 5 nitrogen and oxygen atoms in total. The molecule has 2 aromatic rings. The van der Waals surface area contributed by atoms with Crippen molar-refractivity contribution in [1.82, 2.24) is 14.8 Å². The summed E-state index contributed by atoms with van der Waals surface area (Å²) in [6.45, 7) is 2.06. The number of nitrogens with zero attached hydrogens (tertiary/aromatic N) is 3. The van der Waals surface area contributed by atoms with Crippen molar-refractivity contribution in [2.45, 2.75) is 18.5 Å². The fraction of sp³-hybridized carbons (Fsp3) is 0.333. The number of thiophene rings is 1. The van der Waals surface area contributed by atoms with Crippen molar-refractivity contribution in [3.8, 4) is 10.7 Å². The Labute approximate surface area is 107 Å². The van der Waals surface area contributed by atoms with Gasteiger partial charge in [-0.15, -0.1) is 21.5 Å². The molecule has 0 bridgehead atoms. The van der Waals surface area contributed by atoms with E-state index in [4.69, 9.17) is 10.7 Å². The highest BCUT2D eigenvalue weighted by atomic mass is 35.7. The van der Waals surface area contributed by atoms with Crippen LogP contribution in [0.25, 0.3) is 10.7 Å². The van der Waals surface area contributed by atoms with E-state index in [1.54, 1.807) is 18.4 Å². The van der Waals surface area contributed by atoms with Crippen LogP contribution in [0, 0.1) is 0 Å². The topological polar surface area (TPSA) is 64.8 Å². The van der Waals surface area contributed by atoms with Crippen LogP contribution in [0.1, 0.15) is 11.8 Å². The summed E-state index contributed by atoms with van der Waals surface area (Å²) >= 11 is 1.56. The van der Waals surface area contributed by atoms with E-state index < -0.39 is 9.05 Å². The summed E-state index contributed by atoms with van der Waals surface area (Å²) in [4.78, 5) is 2.08. The van der Waals surface area contributed by atoms with Gasteiger partial charge in [0.25, 0.3) is 14.2 Å². The highest BCUT2D eigenvalue weighted by Gasteiger charge is 2.21. The third kappa shape index (κ3) is 2.36. The molecule has 0 aliphatic heterocycles. The zero-order valence-corrected chi connectivity index (χ0v) is 11.6. The third-order valence-corrected chi connectivity index (χ3v) is 4.71. The maximum Gasteiger partial charge on any atom is 0.296 e. The minimum absolute atomic E-state index is 0.236. The lowest BCUT2D eigenvalue weighted by Crippen LogP contribution is -2.02. The predicted molar refractivity (Wildman–Crippen MR) is 66.7 cm³/mol. The van der Waals surface area contributed by atoms with Crippen LogP contribution in [-0.4, -0.2) is 23.2 Å². The first-order valence-corrected chi connectivity index (χ1v) is 7.99. The summed E-state index contributed by atoms with van der Waals surface area (Å²) in [6.07, 6.45) is 0.934. The normalized spacial score (nSPS) is 11.9. The monoisotopic (exact) mass is 291 g/mol. The van der Waals surface area contributed by atoms with Crippen LogP contribution >= 0.6 is 22.0 Å². The molecule has 8 heteroatoms. The van der Waals surface area contributed by atoms with E-state index >= 15 is 0 Å². The maximum atomic E-state index is 11.2. The second-order valence-corrected chi connectivity index (χ2v) is 7.05. The summed E-state index contributed by atoms with van der Waals surface area (Å²) in [5, 5.41) is 7.22. The van der Waals surface area contributed by atoms with Crippen molar-refractivity contribution < 1.29 is 8.42 Å². The molecule has 0 aromatic carbocycles. The standard InChI is InChI=1S/C9H10ClN3O2S2/c1-3-6-4-5-7(16-6)8-11-12-9(13(8)2)17(10,14)15/h4-5H,3H2,1-2H3. The number of hydrogen-bond acceptors (Lipinski definition) is 5. The lowest BCUT2D eigenvalue weighted by molar-refractivity contribution is 0.593. The Kier molecular flexibility index (Phi) is 3.24. The van der Waals surface area contributed by atoms with Crippen LogP contribution in [0.2, 0.25) is 0 Å². The van der Waals surface area contributed by atoms with Gasteiger partial charge < -0.3 is 0 Å². The molecule has 0 spiro atoms. The van der Waals surface area contributed by atoms with Gasteiger partial charge in [-0.2, -0.15) is 0 Å². The fourth-order valence-corrected chi connectivity index (χ4v) is 3.35. The van der Waals surface area contributed by atoms with E-state index in [0.717, 1.165) is 11.3 Å². The Balaban J connectivity index is 2.51. The Morgan fingerprint density at radius 2 is 2.12 bits per heavy atom. The molecule has 92 valence electrons. The molecule has 17 heavy (non-hydrogen) atoms. The van der Waals surface area contributed by atoms with Gasteiger partial charge in [0, 0.05) is 22.6 Å². The van der Waals surface area contributed by atoms with Crippen LogP contribution in [0.4, 0.5) is 0 Å². The number of halogens is 1. The maximum absolute atomic E-state index is 11.2. The van der Waals surface area contributed by atoms with Gasteiger partial charge >= 0.3 is 0 Å². The van der Waals surface area contributed by atoms with Crippen molar-refractivity contribution >= 4 is 31.1 Å². The number of rotatable bonds is 3. The molecular weight excluding hydrogens is 282 g/mol. The predicted octanol–water partition coefficient (Wildman–Crippen LogP) is 2.03. The molecule has 0 N–H and O–H groups in total. The van der Waals surface area contributed by atoms with Crippen molar-refractivity contribution in [2.24, 2.45) is 7.05 Å². The van der Waals surface area contributed by atoms with Gasteiger partial charge in [0.1, 0.15) is 0 Å². The highest BCUT2D eigenvalue weighted by Crippen LogP contribution is 2.28. The summed E-state index contributed by atoms with van der Waals surface area (Å²) in [5.41, 5.74) is 0. The van der Waals surface area contributed by atoms with Crippen LogP contribution in [0.3, 0.4) is 0 Å². The second kappa shape index (κ2) is 4.40. The summed E-state index contributed by atoms with van der Waals surface area (Å²) in [7, 11) is 2.98. The molecule has 0 saturated heterocycles. The van der Waals surface area contributed by atoms with Gasteiger partial charge in [0.2, 0.25) is 0 Å². The van der Waals surface area contributed by atoms with Crippen molar-refractivity contribution in [2.75, 3.05) is 0 Å². The van der Waals surface area contributed by atoms with Crippen LogP contribution in [0.15, 0.2) is 17.3 Å². The minimum Gasteiger partial charge on any atom is -0.299 e. The summed E-state index contributed by atoms with van der Waals surface area (Å²) in [6, 6.07) is 3.89. The lowest BCUT2D eigenvalue weighted by Gasteiger charge is -1.98. The largest absolute Gasteiger partial charge is 0.299 e. The molecule has 0 radical (unpaired) electrons. The fourth-order valence-electron chi connectivity index (χ4n) is 1.43. The molecule has 0 aliphatic rings. The molecule has 0 saturated carbocycles. The Hall–Kier alpha value is -0.920. The average Bonchev–Trinajstić information content (AvgIpc) is 2.82. The van der Waals surface area contributed by atoms with Crippen molar-refractivity contribution in [3.05, 3.63) is 17.0 Å². The smallest absolute Gasteiger partial charge is 0.296 e. The van der Waals surface area contributed by atoms with E-state index in [9.17, 15) is 8.42 Å². The van der Waals surface area contributed by atoms with Crippen LogP contribution in [-0.2, 0) is 22.5 Å². The Bertz CT molecular complexity index is 645. The van der Waals surface area contributed by atoms with Crippen LogP contribution in [0.5, 0.6) is 0 Å². The van der Waals surface area contributed by atoms with E-state index in [1.807, 2.05) is 12.1 Å². The van der Waals surface area contributed by atoms with Gasteiger partial charge in [-0.25, -0.2) is 8.42 Å². The molecule has 2 heterocycles. The molecular formula is C9H10ClN3O2S2. The molecule has 0 fully saturated rings. The number of aromatic nitrogens is 3. The summed E-state index contributed by atoms with van der Waals surface area (Å²) < 4.78 is 23.8. The first kappa shape index (κ1) is 12.5. The molecule has 0 aliphatic carbocycles.